The van der Waals surface area contributed by atoms with E-state index in [0.717, 1.165) is 4.31 Å². The summed E-state index contributed by atoms with van der Waals surface area (Å²) in [7, 11) is -3.92. The van der Waals surface area contributed by atoms with Crippen LogP contribution in [0.2, 0.25) is 0 Å². The second-order valence-corrected chi connectivity index (χ2v) is 6.83. The lowest BCUT2D eigenvalue weighted by Crippen LogP contribution is -2.49. The topological polar surface area (TPSA) is 111 Å². The molecule has 116 valence electrons. The Kier molecular flexibility index (Phi) is 7.71. The van der Waals surface area contributed by atoms with E-state index in [1.54, 1.807) is 13.8 Å². The number of hydrogen-bond donors (Lipinski definition) is 2. The van der Waals surface area contributed by atoms with E-state index in [9.17, 15) is 13.2 Å². The van der Waals surface area contributed by atoms with E-state index in [0.29, 0.717) is 0 Å². The van der Waals surface area contributed by atoms with Gasteiger partial charge in [0.25, 0.3) is 10.2 Å². The van der Waals surface area contributed by atoms with Gasteiger partial charge in [0.2, 0.25) is 0 Å². The van der Waals surface area contributed by atoms with Gasteiger partial charge in [0.1, 0.15) is 6.04 Å². The molecule has 0 rings (SSSR count). The van der Waals surface area contributed by atoms with Crippen LogP contribution in [0.5, 0.6) is 0 Å². The van der Waals surface area contributed by atoms with Gasteiger partial charge in [0.05, 0.1) is 12.0 Å². The Hall–Kier alpha value is -1.17. The highest BCUT2D eigenvalue weighted by atomic mass is 32.2. The number of carboxylic acid groups (broad SMARTS) is 1. The number of nitrogens with one attached hydrogen (secondary N) is 1. The Labute approximate surface area is 120 Å². The van der Waals surface area contributed by atoms with Gasteiger partial charge in [-0.25, -0.2) is 0 Å². The van der Waals surface area contributed by atoms with Crippen LogP contribution in [-0.4, -0.2) is 42.9 Å². The van der Waals surface area contributed by atoms with E-state index in [2.05, 4.69) is 4.72 Å². The highest BCUT2D eigenvalue weighted by Crippen LogP contribution is 2.09. The predicted octanol–water partition coefficient (Wildman–Crippen LogP) is 0.802. The molecular weight excluding hydrogens is 282 g/mol. The molecule has 0 saturated carbocycles. The zero-order valence-electron chi connectivity index (χ0n) is 12.3. The molecule has 0 aromatic carbocycles. The van der Waals surface area contributed by atoms with E-state index in [4.69, 9.17) is 10.4 Å². The molecule has 8 heteroatoms. The number of carboxylic acids is 1. The van der Waals surface area contributed by atoms with E-state index < -0.39 is 28.1 Å². The van der Waals surface area contributed by atoms with Gasteiger partial charge in [0, 0.05) is 13.1 Å². The summed E-state index contributed by atoms with van der Waals surface area (Å²) in [6.07, 6.45) is 0.208. The third-order valence-corrected chi connectivity index (χ3v) is 4.36. The summed E-state index contributed by atoms with van der Waals surface area (Å²) in [6.45, 7) is 7.10. The van der Waals surface area contributed by atoms with E-state index >= 15 is 0 Å². The Morgan fingerprint density at radius 2 is 1.95 bits per heavy atom. The molecule has 0 radical (unpaired) electrons. The highest BCUT2D eigenvalue weighted by molar-refractivity contribution is 7.87. The fourth-order valence-corrected chi connectivity index (χ4v) is 3.13. The van der Waals surface area contributed by atoms with Gasteiger partial charge < -0.3 is 5.11 Å². The molecule has 0 aliphatic rings. The van der Waals surface area contributed by atoms with Gasteiger partial charge in [-0.2, -0.15) is 22.7 Å². The summed E-state index contributed by atoms with van der Waals surface area (Å²) >= 11 is 0. The summed E-state index contributed by atoms with van der Waals surface area (Å²) in [5, 5.41) is 17.8. The number of aliphatic carboxylic acids is 1. The Balaban J connectivity index is 5.00. The monoisotopic (exact) mass is 305 g/mol. The second-order valence-electron chi connectivity index (χ2n) is 5.12. The van der Waals surface area contributed by atoms with Crippen LogP contribution < -0.4 is 4.72 Å². The minimum absolute atomic E-state index is 0.0380. The molecule has 0 heterocycles. The van der Waals surface area contributed by atoms with Crippen LogP contribution in [0.25, 0.3) is 0 Å². The van der Waals surface area contributed by atoms with Crippen molar-refractivity contribution in [2.75, 3.05) is 13.1 Å². The van der Waals surface area contributed by atoms with Gasteiger partial charge in [-0.1, -0.05) is 20.8 Å². The second kappa shape index (κ2) is 8.19. The Morgan fingerprint density at radius 3 is 2.30 bits per heavy atom. The molecule has 0 amide bonds. The molecule has 0 saturated heterocycles. The largest absolute Gasteiger partial charge is 0.480 e. The molecule has 2 atom stereocenters. The standard InChI is InChI=1S/C12H23N3O4S/c1-5-15(8-10(4)7-13)20(18,19)14-11(12(16)17)6-9(2)3/h9-11,14H,5-6,8H2,1-4H3,(H,16,17)/t10?,11-/m0/s1. The molecule has 7 nitrogen and oxygen atoms in total. The first-order valence-electron chi connectivity index (χ1n) is 6.53. The molecule has 0 bridgehead atoms. The smallest absolute Gasteiger partial charge is 0.321 e. The third-order valence-electron chi connectivity index (χ3n) is 2.69. The van der Waals surface area contributed by atoms with Crippen molar-refractivity contribution in [2.24, 2.45) is 11.8 Å². The maximum Gasteiger partial charge on any atom is 0.321 e. The van der Waals surface area contributed by atoms with Gasteiger partial charge in [-0.05, 0) is 19.3 Å². The van der Waals surface area contributed by atoms with Gasteiger partial charge in [0.15, 0.2) is 0 Å². The minimum Gasteiger partial charge on any atom is -0.480 e. The molecule has 0 aromatic rings. The summed E-state index contributed by atoms with van der Waals surface area (Å²) < 4.78 is 27.6. The molecule has 0 aliphatic carbocycles. The molecule has 0 aliphatic heterocycles. The molecule has 1 unspecified atom stereocenters. The van der Waals surface area contributed by atoms with Crippen molar-refractivity contribution in [1.29, 1.82) is 5.26 Å². The maximum atomic E-state index is 12.2. The zero-order chi connectivity index (χ0) is 15.9. The van der Waals surface area contributed by atoms with Gasteiger partial charge >= 0.3 is 5.97 Å². The van der Waals surface area contributed by atoms with Crippen molar-refractivity contribution in [1.82, 2.24) is 9.03 Å². The van der Waals surface area contributed by atoms with Crippen LogP contribution in [0.3, 0.4) is 0 Å². The quantitative estimate of drug-likeness (QED) is 0.654. The molecule has 2 N–H and O–H groups in total. The lowest BCUT2D eigenvalue weighted by Gasteiger charge is -2.24. The van der Waals surface area contributed by atoms with Crippen LogP contribution in [0, 0.1) is 23.2 Å². The van der Waals surface area contributed by atoms with E-state index in [-0.39, 0.29) is 25.4 Å². The van der Waals surface area contributed by atoms with Crippen molar-refractivity contribution in [3.63, 3.8) is 0 Å². The first kappa shape index (κ1) is 18.8. The molecule has 20 heavy (non-hydrogen) atoms. The van der Waals surface area contributed by atoms with Crippen molar-refractivity contribution in [2.45, 2.75) is 40.2 Å². The zero-order valence-corrected chi connectivity index (χ0v) is 13.1. The maximum absolute atomic E-state index is 12.2. The number of hydrogen-bond acceptors (Lipinski definition) is 4. The van der Waals surface area contributed by atoms with E-state index in [1.165, 1.54) is 0 Å². The van der Waals surface area contributed by atoms with E-state index in [1.807, 2.05) is 19.9 Å². The first-order valence-corrected chi connectivity index (χ1v) is 7.97. The Bertz CT molecular complexity index is 456. The van der Waals surface area contributed by atoms with Gasteiger partial charge in [-0.15, -0.1) is 0 Å². The summed E-state index contributed by atoms with van der Waals surface area (Å²) in [6, 6.07) is 0.799. The Morgan fingerprint density at radius 1 is 1.40 bits per heavy atom. The number of carbonyl (C=O) groups is 1. The van der Waals surface area contributed by atoms with Crippen LogP contribution in [-0.2, 0) is 15.0 Å². The van der Waals surface area contributed by atoms with Crippen LogP contribution in [0.4, 0.5) is 0 Å². The summed E-state index contributed by atoms with van der Waals surface area (Å²) in [5.41, 5.74) is 0. The summed E-state index contributed by atoms with van der Waals surface area (Å²) in [5.74, 6) is -1.61. The fourth-order valence-electron chi connectivity index (χ4n) is 1.67. The summed E-state index contributed by atoms with van der Waals surface area (Å²) in [4.78, 5) is 11.1. The van der Waals surface area contributed by atoms with Gasteiger partial charge in [-0.3, -0.25) is 4.79 Å². The van der Waals surface area contributed by atoms with Crippen LogP contribution in [0.1, 0.15) is 34.1 Å². The first-order chi connectivity index (χ1) is 9.13. The van der Waals surface area contributed by atoms with Crippen molar-refractivity contribution in [3.8, 4) is 6.07 Å². The number of rotatable bonds is 9. The van der Waals surface area contributed by atoms with Crippen molar-refractivity contribution >= 4 is 16.2 Å². The van der Waals surface area contributed by atoms with Crippen LogP contribution in [0.15, 0.2) is 0 Å². The molecular formula is C12H23N3O4S. The van der Waals surface area contributed by atoms with Crippen LogP contribution >= 0.6 is 0 Å². The average molecular weight is 305 g/mol. The number of nitrogens with zero attached hydrogens (tertiary/aromatic N) is 2. The lowest BCUT2D eigenvalue weighted by molar-refractivity contribution is -0.139. The highest BCUT2D eigenvalue weighted by Gasteiger charge is 2.29. The third kappa shape index (κ3) is 6.32. The normalized spacial score (nSPS) is 15.1. The SMILES string of the molecule is CCN(CC(C)C#N)S(=O)(=O)N[C@@H](CC(C)C)C(=O)O. The predicted molar refractivity (Wildman–Crippen MR) is 75.0 cm³/mol. The average Bonchev–Trinajstić information content (AvgIpc) is 2.33. The molecule has 0 aromatic heterocycles. The minimum atomic E-state index is -3.92. The van der Waals surface area contributed by atoms with Crippen molar-refractivity contribution < 1.29 is 18.3 Å². The molecule has 0 fully saturated rings. The number of nitriles is 1. The molecule has 0 spiro atoms. The fraction of sp³-hybridized carbons (Fsp3) is 0.833. The lowest BCUT2D eigenvalue weighted by atomic mass is 10.1. The van der Waals surface area contributed by atoms with Crippen molar-refractivity contribution in [3.05, 3.63) is 0 Å².